The van der Waals surface area contributed by atoms with Crippen LogP contribution in [-0.2, 0) is 0 Å². The molecule has 9 aromatic carbocycles. The molecule has 2 aromatic heterocycles. The Morgan fingerprint density at radius 2 is 1.02 bits per heavy atom. The SMILES string of the molecule is c1ccc(-c2ccc(-c3ccccc3)c(N(c3ccc4oc5ccccc5c4c3)c3ccc4ccc5ccc6nc(-c7ccccc7)oc6c5c4c3)c2)cc1. The fraction of sp³-hybridized carbons (Fsp3) is 0. The van der Waals surface area contributed by atoms with Crippen molar-refractivity contribution < 1.29 is 8.83 Å². The van der Waals surface area contributed by atoms with Crippen molar-refractivity contribution in [1.29, 1.82) is 0 Å². The molecule has 0 aliphatic rings. The summed E-state index contributed by atoms with van der Waals surface area (Å²) in [5.74, 6) is 0.615. The summed E-state index contributed by atoms with van der Waals surface area (Å²) in [6, 6.07) is 68.3. The summed E-state index contributed by atoms with van der Waals surface area (Å²) in [6.45, 7) is 0. The maximum absolute atomic E-state index is 6.63. The predicted octanol–water partition coefficient (Wildman–Crippen LogP) is 14.5. The third-order valence-corrected chi connectivity index (χ3v) is 10.7. The molecule has 11 aromatic rings. The van der Waals surface area contributed by atoms with Gasteiger partial charge < -0.3 is 13.7 Å². The Morgan fingerprint density at radius 1 is 0.400 bits per heavy atom. The molecule has 0 fully saturated rings. The van der Waals surface area contributed by atoms with Gasteiger partial charge in [0.1, 0.15) is 16.7 Å². The Morgan fingerprint density at radius 3 is 1.82 bits per heavy atom. The number of rotatable bonds is 6. The van der Waals surface area contributed by atoms with E-state index in [1.807, 2.05) is 42.5 Å². The van der Waals surface area contributed by atoms with E-state index in [0.717, 1.165) is 99.5 Å². The van der Waals surface area contributed by atoms with E-state index in [0.29, 0.717) is 5.89 Å². The molecule has 0 bridgehead atoms. The second kappa shape index (κ2) is 12.6. The van der Waals surface area contributed by atoms with Gasteiger partial charge in [-0.1, -0.05) is 133 Å². The van der Waals surface area contributed by atoms with Gasteiger partial charge >= 0.3 is 0 Å². The summed E-state index contributed by atoms with van der Waals surface area (Å²) in [6.07, 6.45) is 0. The molecule has 258 valence electrons. The summed E-state index contributed by atoms with van der Waals surface area (Å²) in [7, 11) is 0. The van der Waals surface area contributed by atoms with Crippen LogP contribution in [0.5, 0.6) is 0 Å². The zero-order valence-corrected chi connectivity index (χ0v) is 29.7. The van der Waals surface area contributed by atoms with E-state index in [-0.39, 0.29) is 0 Å². The molecule has 55 heavy (non-hydrogen) atoms. The number of oxazole rings is 1. The molecule has 0 aliphatic heterocycles. The van der Waals surface area contributed by atoms with Crippen LogP contribution in [0.15, 0.2) is 203 Å². The number of fused-ring (bicyclic) bond motifs is 8. The van der Waals surface area contributed by atoms with Gasteiger partial charge in [0.05, 0.1) is 5.69 Å². The quantitative estimate of drug-likeness (QED) is 0.162. The molecule has 4 heteroatoms. The van der Waals surface area contributed by atoms with Gasteiger partial charge in [0.15, 0.2) is 5.58 Å². The van der Waals surface area contributed by atoms with Gasteiger partial charge in [-0.2, -0.15) is 0 Å². The highest BCUT2D eigenvalue weighted by Gasteiger charge is 2.22. The minimum absolute atomic E-state index is 0.615. The molecule has 11 rings (SSSR count). The highest BCUT2D eigenvalue weighted by Crippen LogP contribution is 2.46. The molecule has 4 nitrogen and oxygen atoms in total. The maximum Gasteiger partial charge on any atom is 0.227 e. The van der Waals surface area contributed by atoms with Crippen LogP contribution in [0.4, 0.5) is 17.1 Å². The smallest absolute Gasteiger partial charge is 0.227 e. The lowest BCUT2D eigenvalue weighted by atomic mass is 9.96. The molecule has 0 saturated heterocycles. The van der Waals surface area contributed by atoms with Crippen molar-refractivity contribution in [2.45, 2.75) is 0 Å². The Hall–Kier alpha value is -7.43. The largest absolute Gasteiger partial charge is 0.456 e. The number of hydrogen-bond acceptors (Lipinski definition) is 4. The standard InChI is InChI=1S/C51H32N2O2/c1-4-12-33(13-5-1)38-23-27-41(34-14-6-2-7-15-34)46(30-38)53(40-26-29-48-44(32-40)42-18-10-11-19-47(42)54-48)39-25-22-35-20-21-36-24-28-45-50(49(36)43(35)31-39)55-51(52-45)37-16-8-3-9-17-37/h1-32H. The van der Waals surface area contributed by atoms with E-state index in [4.69, 9.17) is 13.8 Å². The molecule has 0 spiro atoms. The highest BCUT2D eigenvalue weighted by atomic mass is 16.3. The molecular weight excluding hydrogens is 673 g/mol. The number of aromatic nitrogens is 1. The summed E-state index contributed by atoms with van der Waals surface area (Å²) in [5.41, 5.74) is 12.0. The first kappa shape index (κ1) is 31.1. The van der Waals surface area contributed by atoms with Crippen LogP contribution in [0.2, 0.25) is 0 Å². The van der Waals surface area contributed by atoms with Gasteiger partial charge in [0.2, 0.25) is 5.89 Å². The maximum atomic E-state index is 6.63. The summed E-state index contributed by atoms with van der Waals surface area (Å²) in [5, 5.41) is 6.52. The summed E-state index contributed by atoms with van der Waals surface area (Å²) < 4.78 is 12.9. The number of furan rings is 1. The molecule has 0 N–H and O–H groups in total. The second-order valence-corrected chi connectivity index (χ2v) is 13.9. The van der Waals surface area contributed by atoms with Gasteiger partial charge in [-0.15, -0.1) is 0 Å². The first-order valence-corrected chi connectivity index (χ1v) is 18.5. The van der Waals surface area contributed by atoms with Crippen LogP contribution in [0.25, 0.3) is 88.3 Å². The van der Waals surface area contributed by atoms with E-state index in [2.05, 4.69) is 157 Å². The lowest BCUT2D eigenvalue weighted by molar-refractivity contribution is 0.623. The molecular formula is C51H32N2O2. The summed E-state index contributed by atoms with van der Waals surface area (Å²) >= 11 is 0. The van der Waals surface area contributed by atoms with Crippen molar-refractivity contribution >= 4 is 71.6 Å². The van der Waals surface area contributed by atoms with E-state index in [1.165, 1.54) is 0 Å². The number of nitrogens with zero attached hydrogens (tertiary/aromatic N) is 2. The monoisotopic (exact) mass is 704 g/mol. The van der Waals surface area contributed by atoms with Crippen molar-refractivity contribution in [3.8, 4) is 33.7 Å². The second-order valence-electron chi connectivity index (χ2n) is 13.9. The highest BCUT2D eigenvalue weighted by molar-refractivity contribution is 6.19. The average Bonchev–Trinajstić information content (AvgIpc) is 3.87. The van der Waals surface area contributed by atoms with Crippen LogP contribution in [0, 0.1) is 0 Å². The first-order chi connectivity index (χ1) is 27.2. The van der Waals surface area contributed by atoms with Crippen LogP contribution in [0.1, 0.15) is 0 Å². The van der Waals surface area contributed by atoms with Crippen LogP contribution < -0.4 is 4.90 Å². The fourth-order valence-electron chi connectivity index (χ4n) is 8.02. The number of para-hydroxylation sites is 1. The van der Waals surface area contributed by atoms with Crippen molar-refractivity contribution in [1.82, 2.24) is 4.98 Å². The van der Waals surface area contributed by atoms with Gasteiger partial charge in [-0.3, -0.25) is 0 Å². The third-order valence-electron chi connectivity index (χ3n) is 10.7. The molecule has 0 radical (unpaired) electrons. The summed E-state index contributed by atoms with van der Waals surface area (Å²) in [4.78, 5) is 7.33. The minimum Gasteiger partial charge on any atom is -0.456 e. The third kappa shape index (κ3) is 5.26. The lowest BCUT2D eigenvalue weighted by Crippen LogP contribution is -2.11. The number of benzene rings is 9. The Bertz CT molecular complexity index is 3200. The van der Waals surface area contributed by atoms with E-state index >= 15 is 0 Å². The normalized spacial score (nSPS) is 11.6. The van der Waals surface area contributed by atoms with Gasteiger partial charge in [-0.05, 0) is 93.5 Å². The molecule has 0 atom stereocenters. The van der Waals surface area contributed by atoms with Crippen molar-refractivity contribution in [3.05, 3.63) is 194 Å². The van der Waals surface area contributed by atoms with Crippen LogP contribution >= 0.6 is 0 Å². The molecule has 0 amide bonds. The Balaban J connectivity index is 1.20. The van der Waals surface area contributed by atoms with Crippen LogP contribution in [-0.4, -0.2) is 4.98 Å². The zero-order chi connectivity index (χ0) is 36.3. The van der Waals surface area contributed by atoms with E-state index < -0.39 is 0 Å². The van der Waals surface area contributed by atoms with Gasteiger partial charge in [-0.25, -0.2) is 4.98 Å². The minimum atomic E-state index is 0.615. The van der Waals surface area contributed by atoms with Gasteiger partial charge in [0, 0.05) is 38.7 Å². The predicted molar refractivity (Wildman–Crippen MR) is 227 cm³/mol. The van der Waals surface area contributed by atoms with E-state index in [1.54, 1.807) is 0 Å². The molecule has 0 aliphatic carbocycles. The fourth-order valence-corrected chi connectivity index (χ4v) is 8.02. The average molecular weight is 705 g/mol. The first-order valence-electron chi connectivity index (χ1n) is 18.5. The zero-order valence-electron chi connectivity index (χ0n) is 29.7. The lowest BCUT2D eigenvalue weighted by Gasteiger charge is -2.29. The Labute approximate surface area is 317 Å². The number of anilines is 3. The van der Waals surface area contributed by atoms with Crippen LogP contribution in [0.3, 0.4) is 0 Å². The van der Waals surface area contributed by atoms with Gasteiger partial charge in [0.25, 0.3) is 0 Å². The van der Waals surface area contributed by atoms with Crippen molar-refractivity contribution in [2.75, 3.05) is 4.90 Å². The molecule has 0 unspecified atom stereocenters. The van der Waals surface area contributed by atoms with E-state index in [9.17, 15) is 0 Å². The number of hydrogen-bond donors (Lipinski definition) is 0. The molecule has 0 saturated carbocycles. The topological polar surface area (TPSA) is 42.4 Å². The Kier molecular flexibility index (Phi) is 7.14. The van der Waals surface area contributed by atoms with Crippen molar-refractivity contribution in [2.24, 2.45) is 0 Å². The molecule has 2 heterocycles. The van der Waals surface area contributed by atoms with Crippen molar-refractivity contribution in [3.63, 3.8) is 0 Å².